The van der Waals surface area contributed by atoms with Crippen LogP contribution < -0.4 is 5.32 Å². The van der Waals surface area contributed by atoms with E-state index in [-0.39, 0.29) is 11.3 Å². The average Bonchev–Trinajstić information content (AvgIpc) is 2.36. The van der Waals surface area contributed by atoms with Gasteiger partial charge in [0, 0.05) is 25.5 Å². The maximum absolute atomic E-state index is 11.3. The van der Waals surface area contributed by atoms with Crippen LogP contribution in [0.15, 0.2) is 18.3 Å². The molecule has 94 valence electrons. The first-order chi connectivity index (χ1) is 7.98. The lowest BCUT2D eigenvalue weighted by molar-refractivity contribution is 0.0344. The van der Waals surface area contributed by atoms with Gasteiger partial charge in [0.1, 0.15) is 5.69 Å². The van der Waals surface area contributed by atoms with Crippen molar-refractivity contribution in [3.8, 4) is 0 Å². The zero-order valence-corrected chi connectivity index (χ0v) is 10.6. The molecule has 0 aliphatic carbocycles. The number of anilines is 1. The number of aromatic nitrogens is 1. The molecule has 0 atom stereocenters. The molecule has 0 saturated heterocycles. The molecule has 0 aliphatic rings. The quantitative estimate of drug-likeness (QED) is 0.791. The van der Waals surface area contributed by atoms with Gasteiger partial charge in [-0.05, 0) is 26.0 Å². The van der Waals surface area contributed by atoms with Gasteiger partial charge >= 0.3 is 5.97 Å². The number of methoxy groups -OCH3 is 2. The maximum Gasteiger partial charge on any atom is 0.356 e. The molecular formula is C12H18N2O3. The van der Waals surface area contributed by atoms with Crippen LogP contribution >= 0.6 is 0 Å². The molecule has 0 radical (unpaired) electrons. The fourth-order valence-corrected chi connectivity index (χ4v) is 1.14. The molecular weight excluding hydrogens is 220 g/mol. The summed E-state index contributed by atoms with van der Waals surface area (Å²) in [6.07, 6.45) is 1.56. The molecule has 5 nitrogen and oxygen atoms in total. The van der Waals surface area contributed by atoms with Gasteiger partial charge in [0.2, 0.25) is 0 Å². The lowest BCUT2D eigenvalue weighted by Crippen LogP contribution is -2.32. The van der Waals surface area contributed by atoms with Crippen LogP contribution in [0.2, 0.25) is 0 Å². The number of carbonyl (C=O) groups is 1. The van der Waals surface area contributed by atoms with Crippen molar-refractivity contribution in [2.75, 3.05) is 26.1 Å². The second-order valence-electron chi connectivity index (χ2n) is 4.24. The molecule has 0 saturated carbocycles. The van der Waals surface area contributed by atoms with Crippen LogP contribution in [0.4, 0.5) is 5.69 Å². The number of carbonyl (C=O) groups excluding carboxylic acids is 1. The zero-order valence-electron chi connectivity index (χ0n) is 10.6. The first kappa shape index (κ1) is 13.4. The summed E-state index contributed by atoms with van der Waals surface area (Å²) < 4.78 is 9.89. The van der Waals surface area contributed by atoms with Gasteiger partial charge in [-0.3, -0.25) is 0 Å². The van der Waals surface area contributed by atoms with Crippen LogP contribution in [-0.4, -0.2) is 37.3 Å². The lowest BCUT2D eigenvalue weighted by atomic mass is 10.1. The van der Waals surface area contributed by atoms with E-state index in [9.17, 15) is 4.79 Å². The third kappa shape index (κ3) is 4.03. The van der Waals surface area contributed by atoms with E-state index >= 15 is 0 Å². The Labute approximate surface area is 101 Å². The number of rotatable bonds is 5. The summed E-state index contributed by atoms with van der Waals surface area (Å²) in [5, 5.41) is 3.18. The summed E-state index contributed by atoms with van der Waals surface area (Å²) in [4.78, 5) is 15.2. The Morgan fingerprint density at radius 1 is 1.47 bits per heavy atom. The Morgan fingerprint density at radius 3 is 2.76 bits per heavy atom. The van der Waals surface area contributed by atoms with E-state index in [2.05, 4.69) is 15.0 Å². The maximum atomic E-state index is 11.3. The molecule has 0 amide bonds. The highest BCUT2D eigenvalue weighted by Gasteiger charge is 2.16. The molecule has 0 bridgehead atoms. The number of nitrogens with one attached hydrogen (secondary N) is 1. The van der Waals surface area contributed by atoms with Crippen molar-refractivity contribution in [3.63, 3.8) is 0 Å². The summed E-state index contributed by atoms with van der Waals surface area (Å²) in [6, 6.07) is 3.44. The minimum atomic E-state index is -0.445. The predicted octanol–water partition coefficient (Wildman–Crippen LogP) is 1.71. The fraction of sp³-hybridized carbons (Fsp3) is 0.500. The van der Waals surface area contributed by atoms with Crippen molar-refractivity contribution in [3.05, 3.63) is 24.0 Å². The van der Waals surface area contributed by atoms with Crippen LogP contribution in [0.3, 0.4) is 0 Å². The Balaban J connectivity index is 2.70. The molecule has 0 fully saturated rings. The van der Waals surface area contributed by atoms with Gasteiger partial charge in [-0.25, -0.2) is 9.78 Å². The SMILES string of the molecule is COC(=O)c1cc(NCC(C)(C)OC)ccn1. The van der Waals surface area contributed by atoms with E-state index in [4.69, 9.17) is 4.74 Å². The summed E-state index contributed by atoms with van der Waals surface area (Å²) in [6.45, 7) is 4.58. The number of hydrogen-bond donors (Lipinski definition) is 1. The monoisotopic (exact) mass is 238 g/mol. The average molecular weight is 238 g/mol. The highest BCUT2D eigenvalue weighted by Crippen LogP contribution is 2.12. The minimum Gasteiger partial charge on any atom is -0.464 e. The zero-order chi connectivity index (χ0) is 12.9. The standard InChI is InChI=1S/C12H18N2O3/c1-12(2,17-4)8-14-9-5-6-13-10(7-9)11(15)16-3/h5-7H,8H2,1-4H3,(H,13,14). The molecule has 0 aromatic carbocycles. The number of nitrogens with zero attached hydrogens (tertiary/aromatic N) is 1. The molecule has 5 heteroatoms. The molecule has 1 heterocycles. The van der Waals surface area contributed by atoms with E-state index in [0.717, 1.165) is 5.69 Å². The van der Waals surface area contributed by atoms with E-state index in [1.165, 1.54) is 7.11 Å². The van der Waals surface area contributed by atoms with Gasteiger partial charge in [-0.1, -0.05) is 0 Å². The number of hydrogen-bond acceptors (Lipinski definition) is 5. The summed E-state index contributed by atoms with van der Waals surface area (Å²) in [5.74, 6) is -0.445. The smallest absolute Gasteiger partial charge is 0.356 e. The van der Waals surface area contributed by atoms with Gasteiger partial charge in [0.15, 0.2) is 0 Å². The Hall–Kier alpha value is -1.62. The predicted molar refractivity (Wildman–Crippen MR) is 65.2 cm³/mol. The van der Waals surface area contributed by atoms with Crippen LogP contribution in [0.25, 0.3) is 0 Å². The first-order valence-corrected chi connectivity index (χ1v) is 5.32. The van der Waals surface area contributed by atoms with Gasteiger partial charge in [0.25, 0.3) is 0 Å². The molecule has 1 aromatic rings. The third-order valence-corrected chi connectivity index (χ3v) is 2.43. The molecule has 0 unspecified atom stereocenters. The second-order valence-corrected chi connectivity index (χ2v) is 4.24. The third-order valence-electron chi connectivity index (χ3n) is 2.43. The fourth-order valence-electron chi connectivity index (χ4n) is 1.14. The number of ether oxygens (including phenoxy) is 2. The van der Waals surface area contributed by atoms with E-state index in [0.29, 0.717) is 6.54 Å². The van der Waals surface area contributed by atoms with Crippen molar-refractivity contribution in [1.29, 1.82) is 0 Å². The van der Waals surface area contributed by atoms with Crippen LogP contribution in [0, 0.1) is 0 Å². The molecule has 1 aromatic heterocycles. The van der Waals surface area contributed by atoms with Crippen molar-refractivity contribution in [2.24, 2.45) is 0 Å². The van der Waals surface area contributed by atoms with Crippen LogP contribution in [0.1, 0.15) is 24.3 Å². The van der Waals surface area contributed by atoms with E-state index in [1.807, 2.05) is 13.8 Å². The van der Waals surface area contributed by atoms with E-state index < -0.39 is 5.97 Å². The minimum absolute atomic E-state index is 0.269. The van der Waals surface area contributed by atoms with Crippen LogP contribution in [0.5, 0.6) is 0 Å². The van der Waals surface area contributed by atoms with Crippen molar-refractivity contribution in [2.45, 2.75) is 19.4 Å². The Bertz CT molecular complexity index is 391. The van der Waals surface area contributed by atoms with E-state index in [1.54, 1.807) is 25.4 Å². The first-order valence-electron chi connectivity index (χ1n) is 5.32. The van der Waals surface area contributed by atoms with Gasteiger partial charge in [0.05, 0.1) is 12.7 Å². The van der Waals surface area contributed by atoms with Gasteiger partial charge < -0.3 is 14.8 Å². The lowest BCUT2D eigenvalue weighted by Gasteiger charge is -2.23. The molecule has 1 N–H and O–H groups in total. The number of pyridine rings is 1. The van der Waals surface area contributed by atoms with Gasteiger partial charge in [-0.2, -0.15) is 0 Å². The topological polar surface area (TPSA) is 60.5 Å². The van der Waals surface area contributed by atoms with Crippen LogP contribution in [-0.2, 0) is 9.47 Å². The van der Waals surface area contributed by atoms with Crippen molar-refractivity contribution >= 4 is 11.7 Å². The highest BCUT2D eigenvalue weighted by molar-refractivity contribution is 5.88. The molecule has 0 spiro atoms. The highest BCUT2D eigenvalue weighted by atomic mass is 16.5. The largest absolute Gasteiger partial charge is 0.464 e. The normalized spacial score (nSPS) is 11.1. The number of esters is 1. The summed E-state index contributed by atoms with van der Waals surface area (Å²) in [7, 11) is 2.99. The molecule has 0 aliphatic heterocycles. The summed E-state index contributed by atoms with van der Waals surface area (Å²) in [5.41, 5.74) is 0.826. The second kappa shape index (κ2) is 5.63. The Kier molecular flexibility index (Phi) is 4.45. The van der Waals surface area contributed by atoms with Crippen molar-refractivity contribution < 1.29 is 14.3 Å². The molecule has 1 rings (SSSR count). The Morgan fingerprint density at radius 2 is 2.18 bits per heavy atom. The van der Waals surface area contributed by atoms with Gasteiger partial charge in [-0.15, -0.1) is 0 Å². The summed E-state index contributed by atoms with van der Waals surface area (Å²) >= 11 is 0. The van der Waals surface area contributed by atoms with Crippen molar-refractivity contribution in [1.82, 2.24) is 4.98 Å². The molecule has 17 heavy (non-hydrogen) atoms.